The summed E-state index contributed by atoms with van der Waals surface area (Å²) in [7, 11) is -4.07. The number of hydrogen-bond acceptors (Lipinski definition) is 7. The summed E-state index contributed by atoms with van der Waals surface area (Å²) in [6.07, 6.45) is 1.71. The van der Waals surface area contributed by atoms with Crippen LogP contribution in [0.4, 0.5) is 10.8 Å². The molecule has 1 N–H and O–H groups in total. The van der Waals surface area contributed by atoms with Crippen molar-refractivity contribution in [1.29, 1.82) is 0 Å². The molecule has 0 aliphatic heterocycles. The highest BCUT2D eigenvalue weighted by Gasteiger charge is 2.18. The van der Waals surface area contributed by atoms with Crippen LogP contribution in [-0.2, 0) is 10.1 Å². The number of nitrogens with one attached hydrogen (secondary N) is 1. The van der Waals surface area contributed by atoms with E-state index in [2.05, 4.69) is 15.3 Å². The number of pyridine rings is 1. The molecule has 0 bridgehead atoms. The van der Waals surface area contributed by atoms with Crippen LogP contribution >= 0.6 is 34.5 Å². The van der Waals surface area contributed by atoms with Crippen molar-refractivity contribution in [3.05, 3.63) is 82.3 Å². The van der Waals surface area contributed by atoms with Crippen molar-refractivity contribution in [3.63, 3.8) is 0 Å². The van der Waals surface area contributed by atoms with Gasteiger partial charge < -0.3 is 9.50 Å². The van der Waals surface area contributed by atoms with Crippen molar-refractivity contribution in [2.24, 2.45) is 0 Å². The SMILES string of the molecule is O=S(=O)(Oc1cccc(Nc2nc(-c3ccccn3)cs2)c1)c1ccc(Cl)c(Cl)c1. The lowest BCUT2D eigenvalue weighted by molar-refractivity contribution is 0.486. The molecule has 0 saturated heterocycles. The van der Waals surface area contributed by atoms with E-state index in [0.717, 1.165) is 11.4 Å². The van der Waals surface area contributed by atoms with Crippen LogP contribution in [0.2, 0.25) is 10.0 Å². The highest BCUT2D eigenvalue weighted by molar-refractivity contribution is 7.87. The first-order valence-electron chi connectivity index (χ1n) is 8.54. The predicted octanol–water partition coefficient (Wildman–Crippen LogP) is 6.02. The molecule has 0 spiro atoms. The Morgan fingerprint density at radius 2 is 1.80 bits per heavy atom. The Kier molecular flexibility index (Phi) is 5.92. The second kappa shape index (κ2) is 8.61. The third-order valence-corrected chi connectivity index (χ3v) is 6.64. The largest absolute Gasteiger partial charge is 0.379 e. The van der Waals surface area contributed by atoms with Gasteiger partial charge in [-0.05, 0) is 42.5 Å². The van der Waals surface area contributed by atoms with E-state index in [1.165, 1.54) is 29.5 Å². The van der Waals surface area contributed by atoms with Gasteiger partial charge in [-0.3, -0.25) is 4.98 Å². The fourth-order valence-corrected chi connectivity index (χ4v) is 4.56. The Morgan fingerprint density at radius 1 is 0.933 bits per heavy atom. The zero-order valence-corrected chi connectivity index (χ0v) is 18.3. The lowest BCUT2D eigenvalue weighted by atomic mass is 10.3. The van der Waals surface area contributed by atoms with E-state index < -0.39 is 10.1 Å². The molecule has 0 aliphatic rings. The first-order chi connectivity index (χ1) is 14.4. The molecule has 0 atom stereocenters. The highest BCUT2D eigenvalue weighted by Crippen LogP contribution is 2.30. The fourth-order valence-electron chi connectivity index (χ4n) is 2.52. The normalized spacial score (nSPS) is 11.3. The maximum atomic E-state index is 12.5. The number of anilines is 2. The van der Waals surface area contributed by atoms with Crippen molar-refractivity contribution < 1.29 is 12.6 Å². The van der Waals surface area contributed by atoms with Gasteiger partial charge in [-0.1, -0.05) is 35.3 Å². The van der Waals surface area contributed by atoms with E-state index >= 15 is 0 Å². The topological polar surface area (TPSA) is 81.2 Å². The van der Waals surface area contributed by atoms with Gasteiger partial charge in [-0.2, -0.15) is 8.42 Å². The van der Waals surface area contributed by atoms with Gasteiger partial charge in [-0.25, -0.2) is 4.98 Å². The average Bonchev–Trinajstić information content (AvgIpc) is 3.19. The number of aromatic nitrogens is 2. The summed E-state index contributed by atoms with van der Waals surface area (Å²) in [5, 5.41) is 6.06. The average molecular weight is 478 g/mol. The fraction of sp³-hybridized carbons (Fsp3) is 0. The van der Waals surface area contributed by atoms with Gasteiger partial charge in [0, 0.05) is 23.3 Å². The molecule has 2 aromatic carbocycles. The summed E-state index contributed by atoms with van der Waals surface area (Å²) < 4.78 is 30.3. The molecule has 152 valence electrons. The Hall–Kier alpha value is -2.65. The summed E-state index contributed by atoms with van der Waals surface area (Å²) in [6, 6.07) is 16.2. The van der Waals surface area contributed by atoms with Crippen molar-refractivity contribution in [2.75, 3.05) is 5.32 Å². The predicted molar refractivity (Wildman–Crippen MR) is 119 cm³/mol. The number of rotatable bonds is 6. The van der Waals surface area contributed by atoms with Crippen LogP contribution in [-0.4, -0.2) is 18.4 Å². The van der Waals surface area contributed by atoms with E-state index in [0.29, 0.717) is 10.8 Å². The molecule has 2 heterocycles. The minimum atomic E-state index is -4.07. The maximum Gasteiger partial charge on any atom is 0.339 e. The molecule has 4 rings (SSSR count). The van der Waals surface area contributed by atoms with Gasteiger partial charge >= 0.3 is 10.1 Å². The number of halogens is 2. The molecule has 0 radical (unpaired) electrons. The Morgan fingerprint density at radius 3 is 2.57 bits per heavy atom. The van der Waals surface area contributed by atoms with E-state index in [9.17, 15) is 8.42 Å². The van der Waals surface area contributed by atoms with Crippen LogP contribution in [0, 0.1) is 0 Å². The van der Waals surface area contributed by atoms with Crippen LogP contribution in [0.3, 0.4) is 0 Å². The second-order valence-electron chi connectivity index (χ2n) is 6.02. The van der Waals surface area contributed by atoms with E-state index in [1.807, 2.05) is 23.6 Å². The van der Waals surface area contributed by atoms with Gasteiger partial charge in [-0.15, -0.1) is 11.3 Å². The number of nitrogens with zero attached hydrogens (tertiary/aromatic N) is 2. The summed E-state index contributed by atoms with van der Waals surface area (Å²) >= 11 is 13.2. The molecule has 0 fully saturated rings. The first kappa shape index (κ1) is 20.6. The van der Waals surface area contributed by atoms with Crippen LogP contribution < -0.4 is 9.50 Å². The Bertz CT molecular complexity index is 1300. The minimum Gasteiger partial charge on any atom is -0.379 e. The molecule has 4 aromatic rings. The summed E-state index contributed by atoms with van der Waals surface area (Å²) in [6.45, 7) is 0. The summed E-state index contributed by atoms with van der Waals surface area (Å²) in [5.41, 5.74) is 2.14. The molecule has 0 saturated carbocycles. The number of hydrogen-bond donors (Lipinski definition) is 1. The van der Waals surface area contributed by atoms with Gasteiger partial charge in [0.05, 0.1) is 15.7 Å². The summed E-state index contributed by atoms with van der Waals surface area (Å²) in [4.78, 5) is 8.69. The smallest absolute Gasteiger partial charge is 0.339 e. The lowest BCUT2D eigenvalue weighted by Gasteiger charge is -2.09. The van der Waals surface area contributed by atoms with E-state index in [1.54, 1.807) is 30.5 Å². The third-order valence-electron chi connectivity index (χ3n) is 3.90. The van der Waals surface area contributed by atoms with Crippen molar-refractivity contribution in [1.82, 2.24) is 9.97 Å². The van der Waals surface area contributed by atoms with Crippen molar-refractivity contribution in [2.45, 2.75) is 4.90 Å². The second-order valence-corrected chi connectivity index (χ2v) is 9.24. The van der Waals surface area contributed by atoms with Crippen molar-refractivity contribution in [3.8, 4) is 17.1 Å². The molecule has 10 heteroatoms. The molecular weight excluding hydrogens is 465 g/mol. The first-order valence-corrected chi connectivity index (χ1v) is 11.6. The van der Waals surface area contributed by atoms with Gasteiger partial charge in [0.2, 0.25) is 0 Å². The van der Waals surface area contributed by atoms with Crippen LogP contribution in [0.5, 0.6) is 5.75 Å². The molecule has 0 unspecified atom stereocenters. The zero-order chi connectivity index (χ0) is 21.1. The Balaban J connectivity index is 1.52. The highest BCUT2D eigenvalue weighted by atomic mass is 35.5. The van der Waals surface area contributed by atoms with E-state index in [4.69, 9.17) is 27.4 Å². The summed E-state index contributed by atoms with van der Waals surface area (Å²) in [5.74, 6) is 0.146. The van der Waals surface area contributed by atoms with E-state index in [-0.39, 0.29) is 20.7 Å². The van der Waals surface area contributed by atoms with Gasteiger partial charge in [0.15, 0.2) is 5.13 Å². The monoisotopic (exact) mass is 477 g/mol. The molecule has 0 amide bonds. The van der Waals surface area contributed by atoms with Crippen molar-refractivity contribution >= 4 is 55.5 Å². The maximum absolute atomic E-state index is 12.5. The third kappa shape index (κ3) is 4.73. The molecule has 0 aliphatic carbocycles. The standard InChI is InChI=1S/C20H13Cl2N3O3S2/c21-16-8-7-15(11-17(16)22)30(26,27)28-14-5-3-4-13(10-14)24-20-25-19(12-29-20)18-6-1-2-9-23-18/h1-12H,(H,24,25). The van der Waals surface area contributed by atoms with Crippen LogP contribution in [0.1, 0.15) is 0 Å². The Labute approximate surface area is 187 Å². The van der Waals surface area contributed by atoms with Crippen LogP contribution in [0.15, 0.2) is 77.1 Å². The lowest BCUT2D eigenvalue weighted by Crippen LogP contribution is -2.09. The molecular formula is C20H13Cl2N3O3S2. The number of benzene rings is 2. The van der Waals surface area contributed by atoms with Crippen LogP contribution in [0.25, 0.3) is 11.4 Å². The quantitative estimate of drug-likeness (QED) is 0.341. The molecule has 2 aromatic heterocycles. The van der Waals surface area contributed by atoms with Gasteiger partial charge in [0.1, 0.15) is 16.3 Å². The molecule has 30 heavy (non-hydrogen) atoms. The number of thiazole rings is 1. The zero-order valence-electron chi connectivity index (χ0n) is 15.1. The minimum absolute atomic E-state index is 0.0878. The van der Waals surface area contributed by atoms with Gasteiger partial charge in [0.25, 0.3) is 0 Å². The molecule has 6 nitrogen and oxygen atoms in total.